The summed E-state index contributed by atoms with van der Waals surface area (Å²) in [7, 11) is 0. The summed E-state index contributed by atoms with van der Waals surface area (Å²) in [6.07, 6.45) is 4.00. The molecule has 0 aromatic heterocycles. The third kappa shape index (κ3) is 3.30. The van der Waals surface area contributed by atoms with Gasteiger partial charge < -0.3 is 9.64 Å². The number of halogens is 2. The van der Waals surface area contributed by atoms with Crippen LogP contribution in [0.15, 0.2) is 36.4 Å². The maximum absolute atomic E-state index is 13.8. The van der Waals surface area contributed by atoms with Gasteiger partial charge in [0.05, 0.1) is 10.4 Å². The maximum Gasteiger partial charge on any atom is 0.214 e. The van der Waals surface area contributed by atoms with Gasteiger partial charge in [0.2, 0.25) is 6.41 Å². The molecule has 138 valence electrons. The normalized spacial score (nSPS) is 18.3. The molecule has 0 saturated heterocycles. The van der Waals surface area contributed by atoms with E-state index < -0.39 is 11.2 Å². The highest BCUT2D eigenvalue weighted by molar-refractivity contribution is 6.30. The van der Waals surface area contributed by atoms with E-state index in [4.69, 9.17) is 16.3 Å². The minimum Gasteiger partial charge on any atom is -0.492 e. The van der Waals surface area contributed by atoms with Crippen LogP contribution in [0.5, 0.6) is 5.75 Å². The third-order valence-electron chi connectivity index (χ3n) is 5.07. The van der Waals surface area contributed by atoms with Crippen LogP contribution in [0.1, 0.15) is 44.2 Å². The van der Waals surface area contributed by atoms with E-state index in [2.05, 4.69) is 6.92 Å². The second kappa shape index (κ2) is 7.67. The quantitative estimate of drug-likeness (QED) is 0.483. The second-order valence-electron chi connectivity index (χ2n) is 6.91. The molecular weight excluding hydrogens is 353 g/mol. The Bertz CT molecular complexity index is 811. The number of hydrogen-bond acceptors (Lipinski definition) is 2. The van der Waals surface area contributed by atoms with Crippen LogP contribution >= 0.6 is 11.6 Å². The van der Waals surface area contributed by atoms with Crippen molar-refractivity contribution in [2.45, 2.75) is 38.5 Å². The molecular formula is C21H23ClFNO2. The summed E-state index contributed by atoms with van der Waals surface area (Å²) in [5.74, 6) is 0.0184. The van der Waals surface area contributed by atoms with Gasteiger partial charge in [-0.1, -0.05) is 49.6 Å². The lowest BCUT2D eigenvalue weighted by Gasteiger charge is -2.30. The third-order valence-corrected chi connectivity index (χ3v) is 5.36. The molecule has 1 atom stereocenters. The molecule has 0 fully saturated rings. The van der Waals surface area contributed by atoms with Gasteiger partial charge in [-0.05, 0) is 31.0 Å². The van der Waals surface area contributed by atoms with E-state index in [1.54, 1.807) is 11.0 Å². The summed E-state index contributed by atoms with van der Waals surface area (Å²) in [6, 6.07) is 10.8. The van der Waals surface area contributed by atoms with E-state index in [1.807, 2.05) is 31.2 Å². The zero-order valence-electron chi connectivity index (χ0n) is 15.1. The summed E-state index contributed by atoms with van der Waals surface area (Å²) < 4.78 is 19.6. The van der Waals surface area contributed by atoms with Crippen LogP contribution in [0.3, 0.4) is 0 Å². The summed E-state index contributed by atoms with van der Waals surface area (Å²) in [5.41, 5.74) is 2.17. The van der Waals surface area contributed by atoms with Crippen molar-refractivity contribution in [2.75, 3.05) is 18.1 Å². The second-order valence-corrected chi connectivity index (χ2v) is 7.31. The minimum absolute atomic E-state index is 0.0770. The average molecular weight is 376 g/mol. The van der Waals surface area contributed by atoms with Crippen molar-refractivity contribution < 1.29 is 13.9 Å². The van der Waals surface area contributed by atoms with Gasteiger partial charge in [0.1, 0.15) is 18.2 Å². The van der Waals surface area contributed by atoms with Crippen molar-refractivity contribution in [3.8, 4) is 5.75 Å². The van der Waals surface area contributed by atoms with E-state index in [-0.39, 0.29) is 5.02 Å². The number of hydrogen-bond donors (Lipinski definition) is 0. The number of rotatable bonds is 7. The first-order valence-electron chi connectivity index (χ1n) is 8.95. The van der Waals surface area contributed by atoms with Gasteiger partial charge in [0.25, 0.3) is 0 Å². The predicted octanol–water partition coefficient (Wildman–Crippen LogP) is 5.33. The van der Waals surface area contributed by atoms with Gasteiger partial charge in [0.15, 0.2) is 0 Å². The molecule has 26 heavy (non-hydrogen) atoms. The van der Waals surface area contributed by atoms with Crippen molar-refractivity contribution in [2.24, 2.45) is 0 Å². The molecule has 3 nitrogen and oxygen atoms in total. The van der Waals surface area contributed by atoms with Crippen LogP contribution in [0.2, 0.25) is 5.02 Å². The summed E-state index contributed by atoms with van der Waals surface area (Å²) in [4.78, 5) is 13.5. The Hall–Kier alpha value is -2.07. The Kier molecular flexibility index (Phi) is 5.52. The van der Waals surface area contributed by atoms with Gasteiger partial charge in [-0.3, -0.25) is 4.79 Å². The molecule has 0 saturated carbocycles. The number of unbranched alkanes of at least 4 members (excludes halogenated alkanes) is 2. The first kappa shape index (κ1) is 18.7. The number of ether oxygens (including phenoxy) is 1. The lowest BCUT2D eigenvalue weighted by molar-refractivity contribution is -0.107. The van der Waals surface area contributed by atoms with Crippen LogP contribution < -0.4 is 9.64 Å². The number of carbonyl (C=O) groups excluding carboxylic acids is 1. The number of nitrogens with zero attached hydrogens (tertiary/aromatic N) is 1. The maximum atomic E-state index is 13.8. The number of benzene rings is 2. The van der Waals surface area contributed by atoms with E-state index >= 15 is 0 Å². The van der Waals surface area contributed by atoms with Gasteiger partial charge in [-0.2, -0.15) is 0 Å². The Morgan fingerprint density at radius 1 is 1.27 bits per heavy atom. The molecule has 1 aliphatic rings. The van der Waals surface area contributed by atoms with E-state index in [0.29, 0.717) is 18.9 Å². The molecule has 2 aromatic rings. The molecule has 5 heteroatoms. The number of amides is 1. The highest BCUT2D eigenvalue weighted by Crippen LogP contribution is 2.47. The van der Waals surface area contributed by atoms with Gasteiger partial charge >= 0.3 is 0 Å². The Labute approximate surface area is 158 Å². The molecule has 2 aromatic carbocycles. The SMILES string of the molecule is CCCCCN(C=O)c1ccccc1C1(C)COc2cc(F)c(Cl)cc21. The average Bonchev–Trinajstić information content (AvgIpc) is 2.97. The minimum atomic E-state index is -0.505. The Balaban J connectivity index is 2.04. The Morgan fingerprint density at radius 2 is 2.04 bits per heavy atom. The van der Waals surface area contributed by atoms with Crippen LogP contribution in [0.25, 0.3) is 0 Å². The largest absolute Gasteiger partial charge is 0.492 e. The summed E-state index contributed by atoms with van der Waals surface area (Å²) in [6.45, 7) is 5.22. The molecule has 0 spiro atoms. The first-order valence-corrected chi connectivity index (χ1v) is 9.33. The molecule has 1 amide bonds. The number of fused-ring (bicyclic) bond motifs is 1. The molecule has 0 radical (unpaired) electrons. The van der Waals surface area contributed by atoms with Crippen LogP contribution in [-0.4, -0.2) is 19.6 Å². The smallest absolute Gasteiger partial charge is 0.214 e. The molecule has 1 heterocycles. The summed E-state index contributed by atoms with van der Waals surface area (Å²) in [5, 5.41) is 0.0770. The van der Waals surface area contributed by atoms with Crippen LogP contribution in [0, 0.1) is 5.82 Å². The van der Waals surface area contributed by atoms with Gasteiger partial charge in [-0.15, -0.1) is 0 Å². The Morgan fingerprint density at radius 3 is 2.77 bits per heavy atom. The van der Waals surface area contributed by atoms with E-state index in [1.165, 1.54) is 6.07 Å². The van der Waals surface area contributed by atoms with Gasteiger partial charge in [-0.25, -0.2) is 4.39 Å². The number of anilines is 1. The van der Waals surface area contributed by atoms with Crippen molar-refractivity contribution in [3.63, 3.8) is 0 Å². The zero-order valence-corrected chi connectivity index (χ0v) is 15.9. The van der Waals surface area contributed by atoms with Crippen molar-refractivity contribution in [1.82, 2.24) is 0 Å². The topological polar surface area (TPSA) is 29.5 Å². The highest BCUT2D eigenvalue weighted by Gasteiger charge is 2.40. The molecule has 0 aliphatic carbocycles. The fourth-order valence-corrected chi connectivity index (χ4v) is 3.72. The standard InChI is InChI=1S/C21H23ClFNO2/c1-3-4-7-10-24(14-25)19-9-6-5-8-15(19)21(2)13-26-20-12-18(23)17(22)11-16(20)21/h5-6,8-9,11-12,14H,3-4,7,10,13H2,1-2H3. The zero-order chi connectivity index (χ0) is 18.7. The fraction of sp³-hybridized carbons (Fsp3) is 0.381. The van der Waals surface area contributed by atoms with Crippen LogP contribution in [0.4, 0.5) is 10.1 Å². The molecule has 0 bridgehead atoms. The highest BCUT2D eigenvalue weighted by atomic mass is 35.5. The monoisotopic (exact) mass is 375 g/mol. The molecule has 1 unspecified atom stereocenters. The van der Waals surface area contributed by atoms with Crippen LogP contribution in [-0.2, 0) is 10.2 Å². The first-order chi connectivity index (χ1) is 12.5. The van der Waals surface area contributed by atoms with E-state index in [9.17, 15) is 9.18 Å². The lowest BCUT2D eigenvalue weighted by Crippen LogP contribution is -2.31. The van der Waals surface area contributed by atoms with Crippen molar-refractivity contribution in [1.29, 1.82) is 0 Å². The lowest BCUT2D eigenvalue weighted by atomic mass is 9.77. The van der Waals surface area contributed by atoms with Crippen molar-refractivity contribution >= 4 is 23.7 Å². The van der Waals surface area contributed by atoms with Crippen molar-refractivity contribution in [3.05, 3.63) is 58.4 Å². The molecule has 3 rings (SSSR count). The number of para-hydroxylation sites is 1. The summed E-state index contributed by atoms with van der Waals surface area (Å²) >= 11 is 6.02. The molecule has 1 aliphatic heterocycles. The predicted molar refractivity (Wildman–Crippen MR) is 103 cm³/mol. The fourth-order valence-electron chi connectivity index (χ4n) is 3.55. The van der Waals surface area contributed by atoms with E-state index in [0.717, 1.165) is 42.5 Å². The molecule has 0 N–H and O–H groups in total. The number of carbonyl (C=O) groups is 1. The van der Waals surface area contributed by atoms with Gasteiger partial charge in [0, 0.05) is 23.9 Å².